The van der Waals surface area contributed by atoms with Gasteiger partial charge in [-0.05, 0) is 24.6 Å². The van der Waals surface area contributed by atoms with Crippen molar-refractivity contribution >= 4 is 21.9 Å². The average molecular weight is 286 g/mol. The first-order valence-electron chi connectivity index (χ1n) is 5.19. The lowest BCUT2D eigenvalue weighted by atomic mass is 10.1. The standard InChI is InChI=1S/C12H16BrNO2/c1-9(14-7-6-12(15)16-2)10-4-3-5-11(13)8-10/h3-5,8-9,14H,6-7H2,1-2H3/t9-/m0/s1. The Morgan fingerprint density at radius 1 is 1.56 bits per heavy atom. The fraction of sp³-hybridized carbons (Fsp3) is 0.417. The summed E-state index contributed by atoms with van der Waals surface area (Å²) in [5, 5.41) is 3.27. The van der Waals surface area contributed by atoms with Crippen molar-refractivity contribution in [2.24, 2.45) is 0 Å². The quantitative estimate of drug-likeness (QED) is 0.846. The van der Waals surface area contributed by atoms with Crippen molar-refractivity contribution in [2.45, 2.75) is 19.4 Å². The molecule has 16 heavy (non-hydrogen) atoms. The van der Waals surface area contributed by atoms with E-state index in [9.17, 15) is 4.79 Å². The summed E-state index contributed by atoms with van der Waals surface area (Å²) < 4.78 is 5.63. The molecule has 0 aliphatic heterocycles. The third-order valence-corrected chi connectivity index (χ3v) is 2.85. The molecule has 1 rings (SSSR count). The largest absolute Gasteiger partial charge is 0.469 e. The minimum absolute atomic E-state index is 0.186. The Kier molecular flexibility index (Phi) is 5.49. The van der Waals surface area contributed by atoms with E-state index in [0.29, 0.717) is 13.0 Å². The maximum Gasteiger partial charge on any atom is 0.306 e. The van der Waals surface area contributed by atoms with E-state index in [1.165, 1.54) is 12.7 Å². The van der Waals surface area contributed by atoms with E-state index in [4.69, 9.17) is 0 Å². The van der Waals surface area contributed by atoms with E-state index in [1.54, 1.807) is 0 Å². The molecule has 0 saturated heterocycles. The number of benzene rings is 1. The van der Waals surface area contributed by atoms with Gasteiger partial charge in [0.2, 0.25) is 0 Å². The highest BCUT2D eigenvalue weighted by molar-refractivity contribution is 9.10. The van der Waals surface area contributed by atoms with Crippen molar-refractivity contribution in [1.29, 1.82) is 0 Å². The molecule has 0 amide bonds. The van der Waals surface area contributed by atoms with E-state index >= 15 is 0 Å². The number of halogens is 1. The molecule has 0 radical (unpaired) electrons. The SMILES string of the molecule is COC(=O)CCN[C@@H](C)c1cccc(Br)c1. The normalized spacial score (nSPS) is 12.2. The van der Waals surface area contributed by atoms with Gasteiger partial charge in [0.1, 0.15) is 0 Å². The molecule has 0 unspecified atom stereocenters. The number of carbonyl (C=O) groups is 1. The Balaban J connectivity index is 2.40. The second-order valence-corrected chi connectivity index (χ2v) is 4.47. The number of carbonyl (C=O) groups excluding carboxylic acids is 1. The number of hydrogen-bond acceptors (Lipinski definition) is 3. The summed E-state index contributed by atoms with van der Waals surface area (Å²) in [6.45, 7) is 2.69. The van der Waals surface area contributed by atoms with Crippen LogP contribution in [0.25, 0.3) is 0 Å². The highest BCUT2D eigenvalue weighted by Crippen LogP contribution is 2.17. The van der Waals surface area contributed by atoms with Gasteiger partial charge in [0, 0.05) is 17.1 Å². The van der Waals surface area contributed by atoms with Crippen molar-refractivity contribution in [3.8, 4) is 0 Å². The first-order chi connectivity index (χ1) is 7.63. The lowest BCUT2D eigenvalue weighted by Crippen LogP contribution is -2.22. The van der Waals surface area contributed by atoms with Crippen LogP contribution in [0.15, 0.2) is 28.7 Å². The monoisotopic (exact) mass is 285 g/mol. The molecular formula is C12H16BrNO2. The molecule has 1 atom stereocenters. The van der Waals surface area contributed by atoms with Gasteiger partial charge in [-0.2, -0.15) is 0 Å². The summed E-state index contributed by atoms with van der Waals surface area (Å²) >= 11 is 3.43. The zero-order chi connectivity index (χ0) is 12.0. The van der Waals surface area contributed by atoms with Crippen LogP contribution in [0.2, 0.25) is 0 Å². The van der Waals surface area contributed by atoms with E-state index < -0.39 is 0 Å². The molecule has 0 aliphatic rings. The van der Waals surface area contributed by atoms with Gasteiger partial charge in [0.05, 0.1) is 13.5 Å². The average Bonchev–Trinajstić information content (AvgIpc) is 2.28. The molecular weight excluding hydrogens is 270 g/mol. The van der Waals surface area contributed by atoms with Gasteiger partial charge in [-0.25, -0.2) is 0 Å². The molecule has 4 heteroatoms. The van der Waals surface area contributed by atoms with Gasteiger partial charge in [-0.3, -0.25) is 4.79 Å². The van der Waals surface area contributed by atoms with Crippen molar-refractivity contribution in [1.82, 2.24) is 5.32 Å². The van der Waals surface area contributed by atoms with E-state index in [-0.39, 0.29) is 12.0 Å². The minimum atomic E-state index is -0.186. The molecule has 0 bridgehead atoms. The lowest BCUT2D eigenvalue weighted by molar-refractivity contribution is -0.140. The summed E-state index contributed by atoms with van der Waals surface area (Å²) in [5.74, 6) is -0.186. The van der Waals surface area contributed by atoms with Gasteiger partial charge in [0.25, 0.3) is 0 Å². The van der Waals surface area contributed by atoms with Gasteiger partial charge in [0.15, 0.2) is 0 Å². The summed E-state index contributed by atoms with van der Waals surface area (Å²) in [7, 11) is 1.40. The maximum atomic E-state index is 10.9. The van der Waals surface area contributed by atoms with Gasteiger partial charge < -0.3 is 10.1 Å². The third kappa shape index (κ3) is 4.33. The van der Waals surface area contributed by atoms with Gasteiger partial charge in [-0.15, -0.1) is 0 Å². The Bertz CT molecular complexity index is 355. The number of rotatable bonds is 5. The fourth-order valence-electron chi connectivity index (χ4n) is 1.39. The predicted molar refractivity (Wildman–Crippen MR) is 67.2 cm³/mol. The lowest BCUT2D eigenvalue weighted by Gasteiger charge is -2.13. The molecule has 0 aliphatic carbocycles. The van der Waals surface area contributed by atoms with Gasteiger partial charge >= 0.3 is 5.97 Å². The summed E-state index contributed by atoms with van der Waals surface area (Å²) in [6, 6.07) is 8.33. The van der Waals surface area contributed by atoms with Crippen LogP contribution >= 0.6 is 15.9 Å². The van der Waals surface area contributed by atoms with Gasteiger partial charge in [-0.1, -0.05) is 28.1 Å². The second kappa shape index (κ2) is 6.66. The van der Waals surface area contributed by atoms with E-state index in [0.717, 1.165) is 4.47 Å². The predicted octanol–water partition coefficient (Wildman–Crippen LogP) is 2.66. The Morgan fingerprint density at radius 2 is 2.31 bits per heavy atom. The van der Waals surface area contributed by atoms with E-state index in [1.807, 2.05) is 12.1 Å². The van der Waals surface area contributed by atoms with Crippen LogP contribution in [0.1, 0.15) is 24.9 Å². The molecule has 0 saturated carbocycles. The minimum Gasteiger partial charge on any atom is -0.469 e. The molecule has 3 nitrogen and oxygen atoms in total. The molecule has 0 fully saturated rings. The zero-order valence-corrected chi connectivity index (χ0v) is 11.1. The van der Waals surface area contributed by atoms with Crippen LogP contribution in [0, 0.1) is 0 Å². The second-order valence-electron chi connectivity index (χ2n) is 3.56. The molecule has 0 spiro atoms. The molecule has 0 heterocycles. The number of nitrogens with one attached hydrogen (secondary N) is 1. The Hall–Kier alpha value is -0.870. The van der Waals surface area contributed by atoms with Crippen molar-refractivity contribution in [3.63, 3.8) is 0 Å². The number of ether oxygens (including phenoxy) is 1. The Labute approximate surface area is 104 Å². The maximum absolute atomic E-state index is 10.9. The van der Waals surface area contributed by atoms with Crippen LogP contribution in [0.5, 0.6) is 0 Å². The van der Waals surface area contributed by atoms with Crippen molar-refractivity contribution in [2.75, 3.05) is 13.7 Å². The smallest absolute Gasteiger partial charge is 0.306 e. The summed E-state index contributed by atoms with van der Waals surface area (Å²) in [6.07, 6.45) is 0.398. The molecule has 1 N–H and O–H groups in total. The molecule has 1 aromatic rings. The van der Waals surface area contributed by atoms with Crippen LogP contribution in [-0.2, 0) is 9.53 Å². The first-order valence-corrected chi connectivity index (χ1v) is 5.98. The topological polar surface area (TPSA) is 38.3 Å². The molecule has 88 valence electrons. The van der Waals surface area contributed by atoms with Crippen LogP contribution in [0.3, 0.4) is 0 Å². The molecule has 0 aromatic heterocycles. The third-order valence-electron chi connectivity index (χ3n) is 2.36. The fourth-order valence-corrected chi connectivity index (χ4v) is 1.80. The summed E-state index contributed by atoms with van der Waals surface area (Å²) in [5.41, 5.74) is 1.19. The van der Waals surface area contributed by atoms with Crippen molar-refractivity contribution < 1.29 is 9.53 Å². The number of esters is 1. The summed E-state index contributed by atoms with van der Waals surface area (Å²) in [4.78, 5) is 10.9. The van der Waals surface area contributed by atoms with E-state index in [2.05, 4.69) is 45.0 Å². The van der Waals surface area contributed by atoms with Crippen LogP contribution < -0.4 is 5.32 Å². The molecule has 1 aromatic carbocycles. The highest BCUT2D eigenvalue weighted by Gasteiger charge is 2.06. The van der Waals surface area contributed by atoms with Crippen molar-refractivity contribution in [3.05, 3.63) is 34.3 Å². The zero-order valence-electron chi connectivity index (χ0n) is 9.50. The highest BCUT2D eigenvalue weighted by atomic mass is 79.9. The number of hydrogen-bond donors (Lipinski definition) is 1. The first kappa shape index (κ1) is 13.2. The van der Waals surface area contributed by atoms with Crippen LogP contribution in [-0.4, -0.2) is 19.6 Å². The number of methoxy groups -OCH3 is 1. The Morgan fingerprint density at radius 3 is 2.94 bits per heavy atom. The van der Waals surface area contributed by atoms with Crippen LogP contribution in [0.4, 0.5) is 0 Å².